The highest BCUT2D eigenvalue weighted by atomic mass is 19.3. The zero-order chi connectivity index (χ0) is 23.0. The third-order valence-electron chi connectivity index (χ3n) is 5.89. The Hall–Kier alpha value is -3.34. The predicted octanol–water partition coefficient (Wildman–Crippen LogP) is 2.92. The number of anilines is 3. The Kier molecular flexibility index (Phi) is 5.68. The fourth-order valence-corrected chi connectivity index (χ4v) is 4.30. The number of fused-ring (bicyclic) bond motifs is 1. The number of rotatable bonds is 6. The van der Waals surface area contributed by atoms with Gasteiger partial charge in [-0.05, 0) is 38.1 Å². The zero-order valence-electron chi connectivity index (χ0n) is 17.6. The number of pyridine rings is 2. The van der Waals surface area contributed by atoms with Crippen LogP contribution in [0.2, 0.25) is 0 Å². The first-order chi connectivity index (χ1) is 15.2. The zero-order valence-corrected chi connectivity index (χ0v) is 17.6. The number of alkyl halides is 2. The summed E-state index contributed by atoms with van der Waals surface area (Å²) in [6.07, 6.45) is 3.78. The summed E-state index contributed by atoms with van der Waals surface area (Å²) in [6, 6.07) is 4.53. The molecule has 32 heavy (non-hydrogen) atoms. The van der Waals surface area contributed by atoms with Crippen molar-refractivity contribution in [3.05, 3.63) is 48.0 Å². The molecule has 8 nitrogen and oxygen atoms in total. The maximum atomic E-state index is 15.0. The fraction of sp³-hybridized carbons (Fsp3) is 0.381. The highest BCUT2D eigenvalue weighted by Crippen LogP contribution is 2.37. The molecule has 1 aliphatic rings. The van der Waals surface area contributed by atoms with Crippen LogP contribution in [-0.2, 0) is 0 Å². The Balaban J connectivity index is 1.74. The van der Waals surface area contributed by atoms with E-state index in [4.69, 9.17) is 5.73 Å². The van der Waals surface area contributed by atoms with Gasteiger partial charge >= 0.3 is 0 Å². The first-order valence-corrected chi connectivity index (χ1v) is 10.2. The van der Waals surface area contributed by atoms with E-state index >= 15 is 0 Å². The number of nitrogens with zero attached hydrogens (tertiary/aromatic N) is 4. The van der Waals surface area contributed by atoms with E-state index in [9.17, 15) is 18.0 Å². The van der Waals surface area contributed by atoms with Crippen LogP contribution in [0.5, 0.6) is 0 Å². The Bertz CT molecular complexity index is 1150. The minimum atomic E-state index is -2.94. The maximum Gasteiger partial charge on any atom is 0.265 e. The molecule has 170 valence electrons. The molecule has 1 aliphatic carbocycles. The number of likely N-dealkylation sites (N-methyl/N-ethyl adjacent to an activating group) is 2. The normalized spacial score (nSPS) is 20.3. The SMILES string of the molecule is CNC1C(N(C)c2nc(Nc3cnn4ccccc34)c(C(N)=O)cc2F)CCCC1(F)F. The second kappa shape index (κ2) is 8.30. The van der Waals surface area contributed by atoms with Gasteiger partial charge in [0.1, 0.15) is 5.82 Å². The standard InChI is InChI=1S/C21H24F3N7O/c1-26-17-16(7-5-8-21(17,23)24)30(2)20-13(22)10-12(18(25)32)19(29-20)28-14-11-27-31-9-4-3-6-15(14)31/h3-4,6,9-11,16-17,26H,5,7-8H2,1-2H3,(H2,25,32)(H,28,29). The van der Waals surface area contributed by atoms with Gasteiger partial charge in [0.25, 0.3) is 11.8 Å². The van der Waals surface area contributed by atoms with E-state index in [0.717, 1.165) is 6.07 Å². The van der Waals surface area contributed by atoms with Gasteiger partial charge in [-0.1, -0.05) is 6.07 Å². The number of primary amides is 1. The van der Waals surface area contributed by atoms with Crippen molar-refractivity contribution in [2.45, 2.75) is 37.3 Å². The van der Waals surface area contributed by atoms with Crippen LogP contribution in [-0.4, -0.2) is 52.6 Å². The van der Waals surface area contributed by atoms with E-state index in [1.54, 1.807) is 22.8 Å². The van der Waals surface area contributed by atoms with Crippen molar-refractivity contribution in [1.82, 2.24) is 19.9 Å². The van der Waals surface area contributed by atoms with E-state index in [1.165, 1.54) is 25.2 Å². The van der Waals surface area contributed by atoms with Gasteiger partial charge in [-0.25, -0.2) is 22.7 Å². The Morgan fingerprint density at radius 2 is 2.16 bits per heavy atom. The van der Waals surface area contributed by atoms with E-state index < -0.39 is 29.7 Å². The molecule has 3 aromatic rings. The van der Waals surface area contributed by atoms with E-state index in [1.807, 2.05) is 6.07 Å². The fourth-order valence-electron chi connectivity index (χ4n) is 4.30. The summed E-state index contributed by atoms with van der Waals surface area (Å²) >= 11 is 0. The van der Waals surface area contributed by atoms with Gasteiger partial charge in [0.15, 0.2) is 11.6 Å². The maximum absolute atomic E-state index is 15.0. The molecular formula is C21H24F3N7O. The average molecular weight is 447 g/mol. The summed E-state index contributed by atoms with van der Waals surface area (Å²) in [5.74, 6) is -4.77. The lowest BCUT2D eigenvalue weighted by molar-refractivity contribution is -0.0685. The number of amides is 1. The van der Waals surface area contributed by atoms with Gasteiger partial charge < -0.3 is 21.3 Å². The number of aromatic nitrogens is 3. The van der Waals surface area contributed by atoms with Crippen LogP contribution in [0.4, 0.5) is 30.5 Å². The molecule has 4 rings (SSSR count). The number of carbonyl (C=O) groups is 1. The van der Waals surface area contributed by atoms with Crippen molar-refractivity contribution in [1.29, 1.82) is 0 Å². The van der Waals surface area contributed by atoms with E-state index in [-0.39, 0.29) is 23.6 Å². The summed E-state index contributed by atoms with van der Waals surface area (Å²) in [7, 11) is 2.98. The van der Waals surface area contributed by atoms with Crippen molar-refractivity contribution >= 4 is 28.7 Å². The van der Waals surface area contributed by atoms with Crippen molar-refractivity contribution in [3.63, 3.8) is 0 Å². The molecule has 0 bridgehead atoms. The molecule has 11 heteroatoms. The number of carbonyl (C=O) groups excluding carboxylic acids is 1. The van der Waals surface area contributed by atoms with Crippen LogP contribution >= 0.6 is 0 Å². The Morgan fingerprint density at radius 3 is 2.88 bits per heavy atom. The average Bonchev–Trinajstić information content (AvgIpc) is 3.16. The lowest BCUT2D eigenvalue weighted by Crippen LogP contribution is -2.59. The molecule has 0 aromatic carbocycles. The lowest BCUT2D eigenvalue weighted by Gasteiger charge is -2.42. The molecule has 3 heterocycles. The molecule has 3 aromatic heterocycles. The largest absolute Gasteiger partial charge is 0.365 e. The van der Waals surface area contributed by atoms with Crippen molar-refractivity contribution in [3.8, 4) is 0 Å². The minimum Gasteiger partial charge on any atom is -0.365 e. The lowest BCUT2D eigenvalue weighted by atomic mass is 9.86. The number of nitrogens with two attached hydrogens (primary N) is 1. The number of hydrogen-bond donors (Lipinski definition) is 3. The second-order valence-corrected chi connectivity index (χ2v) is 7.87. The molecular weight excluding hydrogens is 423 g/mol. The highest BCUT2D eigenvalue weighted by molar-refractivity contribution is 5.99. The summed E-state index contributed by atoms with van der Waals surface area (Å²) in [5, 5.41) is 9.87. The first-order valence-electron chi connectivity index (χ1n) is 10.2. The summed E-state index contributed by atoms with van der Waals surface area (Å²) in [4.78, 5) is 17.7. The Morgan fingerprint density at radius 1 is 1.38 bits per heavy atom. The van der Waals surface area contributed by atoms with Crippen molar-refractivity contribution in [2.75, 3.05) is 24.3 Å². The highest BCUT2D eigenvalue weighted by Gasteiger charge is 2.48. The molecule has 0 aliphatic heterocycles. The number of halogens is 3. The predicted molar refractivity (Wildman–Crippen MR) is 115 cm³/mol. The molecule has 1 fully saturated rings. The molecule has 4 N–H and O–H groups in total. The van der Waals surface area contributed by atoms with Crippen molar-refractivity contribution < 1.29 is 18.0 Å². The molecule has 1 saturated carbocycles. The third-order valence-corrected chi connectivity index (χ3v) is 5.89. The van der Waals surface area contributed by atoms with Gasteiger partial charge in [-0.2, -0.15) is 5.10 Å². The molecule has 1 amide bonds. The van der Waals surface area contributed by atoms with Gasteiger partial charge in [0.2, 0.25) is 0 Å². The van der Waals surface area contributed by atoms with Gasteiger partial charge in [-0.3, -0.25) is 4.79 Å². The molecule has 0 spiro atoms. The quantitative estimate of drug-likeness (QED) is 0.537. The number of hydrogen-bond acceptors (Lipinski definition) is 6. The monoisotopic (exact) mass is 447 g/mol. The molecule has 2 unspecified atom stereocenters. The molecule has 2 atom stereocenters. The smallest absolute Gasteiger partial charge is 0.265 e. The van der Waals surface area contributed by atoms with Crippen molar-refractivity contribution in [2.24, 2.45) is 5.73 Å². The Labute approximate surface area is 182 Å². The second-order valence-electron chi connectivity index (χ2n) is 7.87. The van der Waals surface area contributed by atoms with Crippen LogP contribution in [0, 0.1) is 5.82 Å². The number of nitrogens with one attached hydrogen (secondary N) is 2. The third kappa shape index (κ3) is 3.83. The van der Waals surface area contributed by atoms with Crippen LogP contribution < -0.4 is 21.3 Å². The minimum absolute atomic E-state index is 0.0167. The summed E-state index contributed by atoms with van der Waals surface area (Å²) in [6.45, 7) is 0. The van der Waals surface area contributed by atoms with E-state index in [0.29, 0.717) is 24.0 Å². The van der Waals surface area contributed by atoms with Gasteiger partial charge in [-0.15, -0.1) is 0 Å². The first kappa shape index (κ1) is 21.9. The van der Waals surface area contributed by atoms with Gasteiger partial charge in [0.05, 0.1) is 35.0 Å². The topological polar surface area (TPSA) is 101 Å². The van der Waals surface area contributed by atoms with Gasteiger partial charge in [0, 0.05) is 19.7 Å². The molecule has 0 radical (unpaired) electrons. The summed E-state index contributed by atoms with van der Waals surface area (Å²) < 4.78 is 45.5. The van der Waals surface area contributed by atoms with Crippen LogP contribution in [0.15, 0.2) is 36.7 Å². The molecule has 0 saturated heterocycles. The van der Waals surface area contributed by atoms with Crippen LogP contribution in [0.1, 0.15) is 29.6 Å². The van der Waals surface area contributed by atoms with E-state index in [2.05, 4.69) is 20.7 Å². The van der Waals surface area contributed by atoms with Crippen LogP contribution in [0.25, 0.3) is 5.52 Å². The van der Waals surface area contributed by atoms with Crippen LogP contribution in [0.3, 0.4) is 0 Å². The summed E-state index contributed by atoms with van der Waals surface area (Å²) in [5.41, 5.74) is 6.51.